The highest BCUT2D eigenvalue weighted by atomic mass is 16.1. The maximum Gasteiger partial charge on any atom is 0.133 e. The summed E-state index contributed by atoms with van der Waals surface area (Å²) in [6, 6.07) is 0. The van der Waals surface area contributed by atoms with E-state index in [1.807, 2.05) is 7.05 Å². The van der Waals surface area contributed by atoms with E-state index in [0.29, 0.717) is 11.7 Å². The van der Waals surface area contributed by atoms with Crippen LogP contribution in [0.15, 0.2) is 0 Å². The molecule has 0 amide bonds. The van der Waals surface area contributed by atoms with Crippen molar-refractivity contribution in [1.29, 1.82) is 0 Å². The summed E-state index contributed by atoms with van der Waals surface area (Å²) in [4.78, 5) is 11.3. The first-order chi connectivity index (χ1) is 5.70. The summed E-state index contributed by atoms with van der Waals surface area (Å²) >= 11 is 0. The Kier molecular flexibility index (Phi) is 7.06. The lowest BCUT2D eigenvalue weighted by Crippen LogP contribution is -2.11. The minimum Gasteiger partial charge on any atom is -0.320 e. The van der Waals surface area contributed by atoms with Crippen LogP contribution in [-0.4, -0.2) is 19.4 Å². The predicted octanol–water partition coefficient (Wildman–Crippen LogP) is 1.99. The Morgan fingerprint density at radius 3 is 2.67 bits per heavy atom. The van der Waals surface area contributed by atoms with Gasteiger partial charge in [0.15, 0.2) is 0 Å². The lowest BCUT2D eigenvalue weighted by molar-refractivity contribution is -0.119. The second-order valence-electron chi connectivity index (χ2n) is 3.46. The molecule has 12 heavy (non-hydrogen) atoms. The third-order valence-corrected chi connectivity index (χ3v) is 2.16. The minimum atomic E-state index is 0.416. The quantitative estimate of drug-likeness (QED) is 0.593. The normalized spacial score (nSPS) is 12.9. The van der Waals surface area contributed by atoms with E-state index in [4.69, 9.17) is 0 Å². The maximum atomic E-state index is 11.3. The third kappa shape index (κ3) is 6.35. The van der Waals surface area contributed by atoms with Crippen molar-refractivity contribution in [2.45, 2.75) is 39.5 Å². The van der Waals surface area contributed by atoms with E-state index in [1.54, 1.807) is 0 Å². The van der Waals surface area contributed by atoms with E-state index >= 15 is 0 Å². The minimum absolute atomic E-state index is 0.416. The highest BCUT2D eigenvalue weighted by Gasteiger charge is 2.06. The van der Waals surface area contributed by atoms with Crippen LogP contribution in [0.4, 0.5) is 0 Å². The molecule has 0 bridgehead atoms. The summed E-state index contributed by atoms with van der Waals surface area (Å²) < 4.78 is 0. The molecule has 2 heteroatoms. The van der Waals surface area contributed by atoms with E-state index < -0.39 is 0 Å². The number of carbonyl (C=O) groups is 1. The highest BCUT2D eigenvalue weighted by Crippen LogP contribution is 2.08. The van der Waals surface area contributed by atoms with Crippen molar-refractivity contribution in [2.75, 3.05) is 13.6 Å². The van der Waals surface area contributed by atoms with Crippen molar-refractivity contribution in [1.82, 2.24) is 5.32 Å². The average molecular weight is 171 g/mol. The van der Waals surface area contributed by atoms with E-state index in [9.17, 15) is 4.79 Å². The van der Waals surface area contributed by atoms with E-state index in [0.717, 1.165) is 32.2 Å². The van der Waals surface area contributed by atoms with E-state index in [-0.39, 0.29) is 0 Å². The van der Waals surface area contributed by atoms with Gasteiger partial charge in [0, 0.05) is 12.8 Å². The second kappa shape index (κ2) is 7.29. The summed E-state index contributed by atoms with van der Waals surface area (Å²) in [5.41, 5.74) is 0. The van der Waals surface area contributed by atoms with Crippen LogP contribution in [-0.2, 0) is 4.79 Å². The number of rotatable bonds is 7. The van der Waals surface area contributed by atoms with Gasteiger partial charge in [0.1, 0.15) is 5.78 Å². The Balaban J connectivity index is 3.33. The van der Waals surface area contributed by atoms with Gasteiger partial charge in [-0.3, -0.25) is 4.79 Å². The Morgan fingerprint density at radius 1 is 1.50 bits per heavy atom. The molecule has 1 atom stereocenters. The Bertz CT molecular complexity index is 123. The fourth-order valence-corrected chi connectivity index (χ4v) is 1.10. The molecule has 1 N–H and O–H groups in total. The van der Waals surface area contributed by atoms with Crippen molar-refractivity contribution in [3.63, 3.8) is 0 Å². The molecule has 1 unspecified atom stereocenters. The number of nitrogens with one attached hydrogen (secondary N) is 1. The van der Waals surface area contributed by atoms with E-state index in [2.05, 4.69) is 19.2 Å². The molecule has 0 aromatic carbocycles. The molecule has 0 saturated carbocycles. The van der Waals surface area contributed by atoms with Crippen LogP contribution < -0.4 is 5.32 Å². The summed E-state index contributed by atoms with van der Waals surface area (Å²) in [5, 5.41) is 3.04. The molecule has 0 heterocycles. The number of hydrogen-bond acceptors (Lipinski definition) is 2. The van der Waals surface area contributed by atoms with Crippen LogP contribution in [0.1, 0.15) is 39.5 Å². The Morgan fingerprint density at radius 2 is 2.17 bits per heavy atom. The first kappa shape index (κ1) is 11.6. The number of hydrogen-bond donors (Lipinski definition) is 1. The average Bonchev–Trinajstić information content (AvgIpc) is 2.05. The van der Waals surface area contributed by atoms with Gasteiger partial charge in [0.25, 0.3) is 0 Å². The van der Waals surface area contributed by atoms with Crippen LogP contribution in [0.5, 0.6) is 0 Å². The topological polar surface area (TPSA) is 29.1 Å². The van der Waals surface area contributed by atoms with Gasteiger partial charge in [0.2, 0.25) is 0 Å². The largest absolute Gasteiger partial charge is 0.320 e. The molecule has 0 aromatic heterocycles. The van der Waals surface area contributed by atoms with Crippen molar-refractivity contribution in [3.8, 4) is 0 Å². The van der Waals surface area contributed by atoms with Crippen molar-refractivity contribution >= 4 is 5.78 Å². The van der Waals surface area contributed by atoms with Crippen molar-refractivity contribution in [2.24, 2.45) is 5.92 Å². The molecule has 0 aromatic rings. The first-order valence-corrected chi connectivity index (χ1v) is 4.87. The molecule has 0 rings (SSSR count). The zero-order chi connectivity index (χ0) is 9.40. The Labute approximate surface area is 75.7 Å². The molecular weight excluding hydrogens is 150 g/mol. The van der Waals surface area contributed by atoms with Crippen molar-refractivity contribution in [3.05, 3.63) is 0 Å². The summed E-state index contributed by atoms with van der Waals surface area (Å²) in [6.07, 6.45) is 3.59. The lowest BCUT2D eigenvalue weighted by Gasteiger charge is -2.06. The monoisotopic (exact) mass is 171 g/mol. The standard InChI is InChI=1S/C10H21NO/c1-4-9(2)8-10(12)6-5-7-11-3/h9,11H,4-8H2,1-3H3. The predicted molar refractivity (Wildman–Crippen MR) is 52.2 cm³/mol. The maximum absolute atomic E-state index is 11.3. The van der Waals surface area contributed by atoms with Gasteiger partial charge in [-0.05, 0) is 25.9 Å². The molecule has 0 spiro atoms. The Hall–Kier alpha value is -0.370. The van der Waals surface area contributed by atoms with Crippen LogP contribution in [0.3, 0.4) is 0 Å². The van der Waals surface area contributed by atoms with Crippen LogP contribution in [0, 0.1) is 5.92 Å². The molecule has 0 aliphatic rings. The van der Waals surface area contributed by atoms with E-state index in [1.165, 1.54) is 0 Å². The number of carbonyl (C=O) groups excluding carboxylic acids is 1. The van der Waals surface area contributed by atoms with Gasteiger partial charge >= 0.3 is 0 Å². The molecule has 72 valence electrons. The van der Waals surface area contributed by atoms with Gasteiger partial charge < -0.3 is 5.32 Å². The summed E-state index contributed by atoms with van der Waals surface area (Å²) in [5.74, 6) is 0.978. The zero-order valence-corrected chi connectivity index (χ0v) is 8.52. The van der Waals surface area contributed by atoms with Gasteiger partial charge in [-0.15, -0.1) is 0 Å². The fraction of sp³-hybridized carbons (Fsp3) is 0.900. The van der Waals surface area contributed by atoms with Gasteiger partial charge in [-0.25, -0.2) is 0 Å². The molecular formula is C10H21NO. The van der Waals surface area contributed by atoms with Gasteiger partial charge in [0.05, 0.1) is 0 Å². The third-order valence-electron chi connectivity index (χ3n) is 2.16. The summed E-state index contributed by atoms with van der Waals surface area (Å²) in [7, 11) is 1.92. The second-order valence-corrected chi connectivity index (χ2v) is 3.46. The first-order valence-electron chi connectivity index (χ1n) is 4.87. The lowest BCUT2D eigenvalue weighted by atomic mass is 10.00. The van der Waals surface area contributed by atoms with Crippen LogP contribution >= 0.6 is 0 Å². The molecule has 0 saturated heterocycles. The SMILES string of the molecule is CCC(C)CC(=O)CCCNC. The molecule has 0 fully saturated rings. The summed E-state index contributed by atoms with van der Waals surface area (Å²) in [6.45, 7) is 5.22. The smallest absolute Gasteiger partial charge is 0.133 e. The van der Waals surface area contributed by atoms with Gasteiger partial charge in [-0.2, -0.15) is 0 Å². The molecule has 0 aliphatic heterocycles. The highest BCUT2D eigenvalue weighted by molar-refractivity contribution is 5.78. The van der Waals surface area contributed by atoms with Crippen LogP contribution in [0.25, 0.3) is 0 Å². The number of ketones is 1. The molecule has 0 radical (unpaired) electrons. The fourth-order valence-electron chi connectivity index (χ4n) is 1.10. The van der Waals surface area contributed by atoms with Gasteiger partial charge in [-0.1, -0.05) is 20.3 Å². The molecule has 0 aliphatic carbocycles. The number of Topliss-reactive ketones (excluding diaryl/α,β-unsaturated/α-hetero) is 1. The van der Waals surface area contributed by atoms with Crippen LogP contribution in [0.2, 0.25) is 0 Å². The zero-order valence-electron chi connectivity index (χ0n) is 8.52. The van der Waals surface area contributed by atoms with Crippen molar-refractivity contribution < 1.29 is 4.79 Å². The molecule has 2 nitrogen and oxygen atoms in total.